The molecular formula is C22H30BN3O4. The predicted octanol–water partition coefficient (Wildman–Crippen LogP) is 1.28. The lowest BCUT2D eigenvalue weighted by molar-refractivity contribution is -0.124. The number of benzene rings is 2. The molecular weight excluding hydrogens is 381 g/mol. The molecule has 0 heterocycles. The fourth-order valence-corrected chi connectivity index (χ4v) is 3.16. The van der Waals surface area contributed by atoms with Crippen LogP contribution >= 0.6 is 0 Å². The minimum atomic E-state index is -1.68. The lowest BCUT2D eigenvalue weighted by Gasteiger charge is -2.24. The van der Waals surface area contributed by atoms with Crippen molar-refractivity contribution >= 4 is 24.6 Å². The Balaban J connectivity index is 2.03. The molecule has 0 aliphatic heterocycles. The Hall–Kier alpha value is -2.68. The Kier molecular flexibility index (Phi) is 10.1. The van der Waals surface area contributed by atoms with Crippen LogP contribution in [-0.2, 0) is 16.0 Å². The first-order valence-electron chi connectivity index (χ1n) is 10.3. The van der Waals surface area contributed by atoms with Crippen molar-refractivity contribution in [1.82, 2.24) is 5.32 Å². The van der Waals surface area contributed by atoms with Crippen molar-refractivity contribution < 1.29 is 19.6 Å². The highest BCUT2D eigenvalue weighted by Gasteiger charge is 2.26. The lowest BCUT2D eigenvalue weighted by atomic mass is 9.76. The van der Waals surface area contributed by atoms with Crippen molar-refractivity contribution in [2.75, 3.05) is 18.0 Å². The number of carbonyl (C=O) groups is 2. The van der Waals surface area contributed by atoms with Crippen molar-refractivity contribution in [3.05, 3.63) is 66.2 Å². The Bertz CT molecular complexity index is 774. The quantitative estimate of drug-likeness (QED) is 0.310. The van der Waals surface area contributed by atoms with Crippen LogP contribution < -0.4 is 16.0 Å². The minimum absolute atomic E-state index is 0.176. The Morgan fingerprint density at radius 1 is 1.00 bits per heavy atom. The molecule has 0 saturated heterocycles. The third kappa shape index (κ3) is 7.98. The maximum atomic E-state index is 12.9. The maximum absolute atomic E-state index is 12.9. The zero-order valence-corrected chi connectivity index (χ0v) is 17.1. The van der Waals surface area contributed by atoms with Gasteiger partial charge in [0.05, 0.1) is 5.94 Å². The highest BCUT2D eigenvalue weighted by Crippen LogP contribution is 2.16. The number of para-hydroxylation sites is 1. The first kappa shape index (κ1) is 23.6. The van der Waals surface area contributed by atoms with E-state index in [1.165, 1.54) is 4.90 Å². The van der Waals surface area contributed by atoms with Gasteiger partial charge in [0.25, 0.3) is 0 Å². The monoisotopic (exact) mass is 411 g/mol. The Morgan fingerprint density at radius 2 is 1.63 bits per heavy atom. The second kappa shape index (κ2) is 12.8. The van der Waals surface area contributed by atoms with E-state index in [0.717, 1.165) is 12.0 Å². The molecule has 160 valence electrons. The van der Waals surface area contributed by atoms with Crippen LogP contribution in [0.3, 0.4) is 0 Å². The highest BCUT2D eigenvalue weighted by atomic mass is 16.4. The number of rotatable bonds is 12. The first-order chi connectivity index (χ1) is 14.5. The van der Waals surface area contributed by atoms with Crippen molar-refractivity contribution in [3.8, 4) is 0 Å². The van der Waals surface area contributed by atoms with Crippen molar-refractivity contribution in [3.63, 3.8) is 0 Å². The lowest BCUT2D eigenvalue weighted by Crippen LogP contribution is -2.50. The van der Waals surface area contributed by atoms with E-state index in [-0.39, 0.29) is 18.9 Å². The van der Waals surface area contributed by atoms with E-state index in [2.05, 4.69) is 5.32 Å². The summed E-state index contributed by atoms with van der Waals surface area (Å²) in [6, 6.07) is 18.7. The van der Waals surface area contributed by atoms with Crippen molar-refractivity contribution in [2.24, 2.45) is 5.73 Å². The second-order valence-corrected chi connectivity index (χ2v) is 7.17. The van der Waals surface area contributed by atoms with Gasteiger partial charge in [-0.15, -0.1) is 0 Å². The summed E-state index contributed by atoms with van der Waals surface area (Å²) < 4.78 is 0. The van der Waals surface area contributed by atoms with Gasteiger partial charge in [-0.3, -0.25) is 9.59 Å². The van der Waals surface area contributed by atoms with Gasteiger partial charge < -0.3 is 26.0 Å². The van der Waals surface area contributed by atoms with E-state index in [4.69, 9.17) is 5.73 Å². The Morgan fingerprint density at radius 3 is 2.23 bits per heavy atom. The molecule has 0 unspecified atom stereocenters. The van der Waals surface area contributed by atoms with E-state index in [0.29, 0.717) is 31.5 Å². The smallest absolute Gasteiger partial charge is 0.426 e. The van der Waals surface area contributed by atoms with Gasteiger partial charge in [0.15, 0.2) is 0 Å². The van der Waals surface area contributed by atoms with E-state index in [1.807, 2.05) is 36.4 Å². The van der Waals surface area contributed by atoms with Crippen LogP contribution in [0.5, 0.6) is 0 Å². The molecule has 8 heteroatoms. The first-order valence-corrected chi connectivity index (χ1v) is 10.3. The zero-order chi connectivity index (χ0) is 21.8. The summed E-state index contributed by atoms with van der Waals surface area (Å²) in [4.78, 5) is 26.9. The molecule has 0 fully saturated rings. The molecule has 1 atom stereocenters. The molecule has 0 bridgehead atoms. The van der Waals surface area contributed by atoms with Crippen molar-refractivity contribution in [2.45, 2.75) is 38.0 Å². The molecule has 30 heavy (non-hydrogen) atoms. The van der Waals surface area contributed by atoms with Gasteiger partial charge in [0.1, 0.15) is 6.54 Å². The zero-order valence-electron chi connectivity index (χ0n) is 17.1. The molecule has 0 saturated carbocycles. The molecule has 0 aromatic heterocycles. The van der Waals surface area contributed by atoms with Crippen LogP contribution in [0.25, 0.3) is 0 Å². The van der Waals surface area contributed by atoms with E-state index >= 15 is 0 Å². The number of hydrogen-bond donors (Lipinski definition) is 4. The van der Waals surface area contributed by atoms with Gasteiger partial charge in [-0.2, -0.15) is 0 Å². The normalized spacial score (nSPS) is 11.6. The van der Waals surface area contributed by atoms with Crippen LogP contribution in [0.2, 0.25) is 0 Å². The molecule has 5 N–H and O–H groups in total. The summed E-state index contributed by atoms with van der Waals surface area (Å²) in [7, 11) is -1.68. The van der Waals surface area contributed by atoms with Gasteiger partial charge in [-0.1, -0.05) is 55.0 Å². The van der Waals surface area contributed by atoms with Gasteiger partial charge in [-0.05, 0) is 43.5 Å². The molecule has 0 radical (unpaired) electrons. The minimum Gasteiger partial charge on any atom is -0.426 e. The fourth-order valence-electron chi connectivity index (χ4n) is 3.16. The van der Waals surface area contributed by atoms with Gasteiger partial charge >= 0.3 is 7.12 Å². The van der Waals surface area contributed by atoms with Crippen LogP contribution in [-0.4, -0.2) is 48.0 Å². The number of aryl methyl sites for hydroxylation is 1. The number of anilines is 1. The predicted molar refractivity (Wildman–Crippen MR) is 119 cm³/mol. The second-order valence-electron chi connectivity index (χ2n) is 7.17. The molecule has 0 spiro atoms. The molecule has 2 aromatic rings. The fraction of sp³-hybridized carbons (Fsp3) is 0.364. The Labute approximate surface area is 178 Å². The number of nitrogens with zero attached hydrogens (tertiary/aromatic N) is 1. The van der Waals surface area contributed by atoms with Crippen LogP contribution in [0.4, 0.5) is 5.69 Å². The molecule has 2 rings (SSSR count). The van der Waals surface area contributed by atoms with E-state index in [1.54, 1.807) is 24.3 Å². The van der Waals surface area contributed by atoms with Crippen LogP contribution in [0.1, 0.15) is 31.2 Å². The molecule has 7 nitrogen and oxygen atoms in total. The van der Waals surface area contributed by atoms with E-state index in [9.17, 15) is 19.6 Å². The van der Waals surface area contributed by atoms with Crippen molar-refractivity contribution in [1.29, 1.82) is 0 Å². The third-order valence-corrected chi connectivity index (χ3v) is 4.82. The van der Waals surface area contributed by atoms with Gasteiger partial charge in [-0.25, -0.2) is 0 Å². The largest absolute Gasteiger partial charge is 0.475 e. The van der Waals surface area contributed by atoms with Gasteiger partial charge in [0, 0.05) is 12.1 Å². The average molecular weight is 411 g/mol. The standard InChI is InChI=1S/C22H30BN3O4/c24-16-8-7-13-20(23(29)30)25-21(27)17-26(19-11-5-2-6-12-19)22(28)15-14-18-9-3-1-4-10-18/h1-6,9-12,20,29-30H,7-8,13-17,24H2,(H,25,27)/t20-/m0/s1. The summed E-state index contributed by atoms with van der Waals surface area (Å²) in [5.41, 5.74) is 7.14. The summed E-state index contributed by atoms with van der Waals surface area (Å²) in [5, 5.41) is 21.8. The number of hydrogen-bond acceptors (Lipinski definition) is 5. The van der Waals surface area contributed by atoms with Gasteiger partial charge in [0.2, 0.25) is 11.8 Å². The van der Waals surface area contributed by atoms with E-state index < -0.39 is 19.0 Å². The third-order valence-electron chi connectivity index (χ3n) is 4.82. The summed E-state index contributed by atoms with van der Waals surface area (Å²) in [6.45, 7) is 0.303. The topological polar surface area (TPSA) is 116 Å². The molecule has 2 amide bonds. The average Bonchev–Trinajstić information content (AvgIpc) is 2.76. The number of carbonyl (C=O) groups excluding carboxylic acids is 2. The SMILES string of the molecule is NCCCC[C@H](NC(=O)CN(C(=O)CCc1ccccc1)c1ccccc1)B(O)O. The summed E-state index contributed by atoms with van der Waals surface area (Å²) in [5.74, 6) is -1.43. The maximum Gasteiger partial charge on any atom is 0.475 e. The molecule has 0 aliphatic rings. The molecule has 2 aromatic carbocycles. The number of amides is 2. The highest BCUT2D eigenvalue weighted by molar-refractivity contribution is 6.43. The number of unbranched alkanes of at least 4 members (excludes halogenated alkanes) is 1. The molecule has 0 aliphatic carbocycles. The summed E-state index contributed by atoms with van der Waals surface area (Å²) >= 11 is 0. The summed E-state index contributed by atoms with van der Waals surface area (Å²) in [6.07, 6.45) is 2.62. The van der Waals surface area contributed by atoms with Crippen LogP contribution in [0.15, 0.2) is 60.7 Å². The number of nitrogens with two attached hydrogens (primary N) is 1. The number of nitrogens with one attached hydrogen (secondary N) is 1. The van der Waals surface area contributed by atoms with Crippen LogP contribution in [0, 0.1) is 0 Å².